The number of hydrogen-bond donors (Lipinski definition) is 1. The van der Waals surface area contributed by atoms with Crippen molar-refractivity contribution in [3.8, 4) is 0 Å². The second kappa shape index (κ2) is 6.90. The van der Waals surface area contributed by atoms with Crippen molar-refractivity contribution in [2.75, 3.05) is 6.54 Å². The Balaban J connectivity index is 1.82. The van der Waals surface area contributed by atoms with Crippen LogP contribution < -0.4 is 5.32 Å². The highest BCUT2D eigenvalue weighted by Gasteiger charge is 2.15. The average Bonchev–Trinajstić information content (AvgIpc) is 3.00. The molecule has 0 bridgehead atoms. The topological polar surface area (TPSA) is 64.7 Å². The zero-order valence-corrected chi connectivity index (χ0v) is 13.4. The Morgan fingerprint density at radius 2 is 2.25 bits per heavy atom. The lowest BCUT2D eigenvalue weighted by Gasteiger charge is -2.07. The first-order valence-electron chi connectivity index (χ1n) is 6.29. The van der Waals surface area contributed by atoms with Gasteiger partial charge in [0.15, 0.2) is 0 Å². The number of rotatable bonds is 6. The first-order valence-corrected chi connectivity index (χ1v) is 7.46. The van der Waals surface area contributed by atoms with Gasteiger partial charge < -0.3 is 5.32 Å². The van der Waals surface area contributed by atoms with Crippen molar-refractivity contribution >= 4 is 33.4 Å². The predicted molar refractivity (Wildman–Crippen MR) is 79.8 cm³/mol. The van der Waals surface area contributed by atoms with E-state index in [1.165, 1.54) is 6.20 Å². The molecule has 0 aliphatic rings. The quantitative estimate of drug-likeness (QED) is 0.804. The highest BCUT2D eigenvalue weighted by atomic mass is 79.9. The van der Waals surface area contributed by atoms with Gasteiger partial charge in [-0.05, 0) is 29.3 Å². The van der Waals surface area contributed by atoms with Gasteiger partial charge in [0, 0.05) is 25.8 Å². The van der Waals surface area contributed by atoms with Gasteiger partial charge in [-0.25, -0.2) is 0 Å². The molecule has 2 rings (SSSR count). The summed E-state index contributed by atoms with van der Waals surface area (Å²) in [5.74, 6) is -0.198. The maximum atomic E-state index is 12.0. The maximum Gasteiger partial charge on any atom is 0.271 e. The Hall–Kier alpha value is -1.34. The lowest BCUT2D eigenvalue weighted by atomic mass is 10.3. The Labute approximate surface area is 130 Å². The van der Waals surface area contributed by atoms with E-state index in [4.69, 9.17) is 11.6 Å². The molecule has 0 spiro atoms. The monoisotopic (exact) mass is 359 g/mol. The molecule has 0 saturated heterocycles. The van der Waals surface area contributed by atoms with E-state index in [-0.39, 0.29) is 5.91 Å². The molecule has 1 amide bonds. The fraction of sp³-hybridized carbons (Fsp3) is 0.417. The summed E-state index contributed by atoms with van der Waals surface area (Å²) in [6.45, 7) is 3.82. The SMILES string of the molecule is CCn1ncc(Cl)c1C(=O)NCCCn1cc(Br)cn1. The number of hydrogen-bond acceptors (Lipinski definition) is 3. The molecule has 2 aromatic rings. The van der Waals surface area contributed by atoms with Crippen molar-refractivity contribution in [3.63, 3.8) is 0 Å². The van der Waals surface area contributed by atoms with Gasteiger partial charge in [-0.15, -0.1) is 0 Å². The van der Waals surface area contributed by atoms with Gasteiger partial charge in [-0.1, -0.05) is 11.6 Å². The fourth-order valence-electron chi connectivity index (χ4n) is 1.82. The molecular formula is C12H15BrClN5O. The van der Waals surface area contributed by atoms with E-state index >= 15 is 0 Å². The largest absolute Gasteiger partial charge is 0.351 e. The van der Waals surface area contributed by atoms with Crippen LogP contribution in [0, 0.1) is 0 Å². The Morgan fingerprint density at radius 3 is 2.90 bits per heavy atom. The Bertz CT molecular complexity index is 594. The van der Waals surface area contributed by atoms with Gasteiger partial charge in [0.05, 0.1) is 21.9 Å². The summed E-state index contributed by atoms with van der Waals surface area (Å²) in [6.07, 6.45) is 5.90. The number of nitrogens with one attached hydrogen (secondary N) is 1. The smallest absolute Gasteiger partial charge is 0.271 e. The Morgan fingerprint density at radius 1 is 1.45 bits per heavy atom. The highest BCUT2D eigenvalue weighted by molar-refractivity contribution is 9.10. The van der Waals surface area contributed by atoms with E-state index in [2.05, 4.69) is 31.4 Å². The maximum absolute atomic E-state index is 12.0. The van der Waals surface area contributed by atoms with Crippen molar-refractivity contribution in [1.29, 1.82) is 0 Å². The van der Waals surface area contributed by atoms with Crippen molar-refractivity contribution < 1.29 is 4.79 Å². The molecule has 0 fully saturated rings. The van der Waals surface area contributed by atoms with Crippen LogP contribution in [0.15, 0.2) is 23.1 Å². The lowest BCUT2D eigenvalue weighted by Crippen LogP contribution is -2.28. The van der Waals surface area contributed by atoms with E-state index in [9.17, 15) is 4.79 Å². The molecule has 2 aromatic heterocycles. The normalized spacial score (nSPS) is 10.8. The molecule has 0 saturated carbocycles. The Kier molecular flexibility index (Phi) is 5.19. The molecule has 2 heterocycles. The van der Waals surface area contributed by atoms with Crippen LogP contribution in [0.25, 0.3) is 0 Å². The van der Waals surface area contributed by atoms with Gasteiger partial charge in [0.2, 0.25) is 0 Å². The number of carbonyl (C=O) groups excluding carboxylic acids is 1. The first kappa shape index (κ1) is 15.1. The minimum atomic E-state index is -0.198. The molecule has 20 heavy (non-hydrogen) atoms. The summed E-state index contributed by atoms with van der Waals surface area (Å²) in [4.78, 5) is 12.0. The minimum Gasteiger partial charge on any atom is -0.351 e. The lowest BCUT2D eigenvalue weighted by molar-refractivity contribution is 0.0942. The number of aryl methyl sites for hydroxylation is 2. The molecule has 0 aliphatic heterocycles. The van der Waals surface area contributed by atoms with Gasteiger partial charge in [0.25, 0.3) is 5.91 Å². The van der Waals surface area contributed by atoms with Gasteiger partial charge in [-0.3, -0.25) is 14.2 Å². The number of halogens is 2. The summed E-state index contributed by atoms with van der Waals surface area (Å²) < 4.78 is 4.35. The molecule has 6 nitrogen and oxygen atoms in total. The van der Waals surface area contributed by atoms with Crippen LogP contribution >= 0.6 is 27.5 Å². The van der Waals surface area contributed by atoms with Crippen LogP contribution in [0.1, 0.15) is 23.8 Å². The molecule has 8 heteroatoms. The van der Waals surface area contributed by atoms with Crippen LogP contribution in [0.5, 0.6) is 0 Å². The van der Waals surface area contributed by atoms with Crippen LogP contribution in [0.3, 0.4) is 0 Å². The third-order valence-corrected chi connectivity index (χ3v) is 3.45. The van der Waals surface area contributed by atoms with Crippen molar-refractivity contribution in [2.45, 2.75) is 26.4 Å². The molecular weight excluding hydrogens is 346 g/mol. The molecule has 1 N–H and O–H groups in total. The van der Waals surface area contributed by atoms with Crippen LogP contribution in [-0.2, 0) is 13.1 Å². The zero-order chi connectivity index (χ0) is 14.5. The molecule has 0 radical (unpaired) electrons. The zero-order valence-electron chi connectivity index (χ0n) is 11.0. The molecule has 0 aromatic carbocycles. The highest BCUT2D eigenvalue weighted by Crippen LogP contribution is 2.14. The minimum absolute atomic E-state index is 0.198. The van der Waals surface area contributed by atoms with E-state index in [0.717, 1.165) is 17.4 Å². The first-order chi connectivity index (χ1) is 9.61. The van der Waals surface area contributed by atoms with Crippen LogP contribution in [-0.4, -0.2) is 32.0 Å². The number of amides is 1. The van der Waals surface area contributed by atoms with E-state index < -0.39 is 0 Å². The van der Waals surface area contributed by atoms with Gasteiger partial charge in [-0.2, -0.15) is 10.2 Å². The second-order valence-electron chi connectivity index (χ2n) is 4.19. The average molecular weight is 361 g/mol. The predicted octanol–water partition coefficient (Wildman–Crippen LogP) is 2.34. The molecule has 0 aliphatic carbocycles. The molecule has 0 unspecified atom stereocenters. The van der Waals surface area contributed by atoms with E-state index in [1.807, 2.05) is 17.8 Å². The number of nitrogens with zero attached hydrogens (tertiary/aromatic N) is 4. The third-order valence-electron chi connectivity index (χ3n) is 2.76. The van der Waals surface area contributed by atoms with Crippen molar-refractivity contribution in [2.24, 2.45) is 0 Å². The third kappa shape index (κ3) is 3.61. The summed E-state index contributed by atoms with van der Waals surface area (Å²) in [5, 5.41) is 11.4. The van der Waals surface area contributed by atoms with Crippen molar-refractivity contribution in [3.05, 3.63) is 33.8 Å². The summed E-state index contributed by atoms with van der Waals surface area (Å²) in [7, 11) is 0. The standard InChI is InChI=1S/C12H15BrClN5O/c1-2-19-11(10(14)7-17-19)12(20)15-4-3-5-18-8-9(13)6-16-18/h6-8H,2-5H2,1H3,(H,15,20). The van der Waals surface area contributed by atoms with E-state index in [1.54, 1.807) is 10.9 Å². The van der Waals surface area contributed by atoms with Crippen molar-refractivity contribution in [1.82, 2.24) is 24.9 Å². The van der Waals surface area contributed by atoms with Crippen LogP contribution in [0.4, 0.5) is 0 Å². The molecule has 0 atom stereocenters. The second-order valence-corrected chi connectivity index (χ2v) is 5.51. The fourth-order valence-corrected chi connectivity index (χ4v) is 2.37. The van der Waals surface area contributed by atoms with Crippen LogP contribution in [0.2, 0.25) is 5.02 Å². The molecule has 108 valence electrons. The summed E-state index contributed by atoms with van der Waals surface area (Å²) in [5.41, 5.74) is 0.413. The summed E-state index contributed by atoms with van der Waals surface area (Å²) in [6, 6.07) is 0. The number of carbonyl (C=O) groups is 1. The number of aromatic nitrogens is 4. The summed E-state index contributed by atoms with van der Waals surface area (Å²) >= 11 is 9.30. The van der Waals surface area contributed by atoms with Gasteiger partial charge >= 0.3 is 0 Å². The van der Waals surface area contributed by atoms with E-state index in [0.29, 0.717) is 23.8 Å². The van der Waals surface area contributed by atoms with Gasteiger partial charge in [0.1, 0.15) is 5.69 Å².